The van der Waals surface area contributed by atoms with Crippen molar-refractivity contribution in [2.45, 2.75) is 0 Å². The fourth-order valence-electron chi connectivity index (χ4n) is 1.51. The molecule has 0 aromatic heterocycles. The highest BCUT2D eigenvalue weighted by atomic mass is 28.4. The molecule has 2 aromatic carbocycles. The molecule has 100 valence electrons. The topological polar surface area (TPSA) is 74.6 Å². The molecule has 0 atom stereocenters. The van der Waals surface area contributed by atoms with Gasteiger partial charge in [0.15, 0.2) is 0 Å². The second kappa shape index (κ2) is 8.93. The summed E-state index contributed by atoms with van der Waals surface area (Å²) in [6.45, 7) is 4.00. The number of rotatable bonds is 2. The largest absolute Gasteiger partial charge is 0.404 e. The van der Waals surface area contributed by atoms with Crippen LogP contribution in [0, 0.1) is 0 Å². The van der Waals surface area contributed by atoms with Crippen LogP contribution >= 0.6 is 0 Å². The number of hydrogen-bond acceptors (Lipinski definition) is 4. The minimum Gasteiger partial charge on any atom is -0.404 e. The summed E-state index contributed by atoms with van der Waals surface area (Å²) in [6.07, 6.45) is 0. The summed E-state index contributed by atoms with van der Waals surface area (Å²) in [7, 11) is -3.46. The Morgan fingerprint density at radius 1 is 0.632 bits per heavy atom. The molecule has 0 heterocycles. The second-order valence-electron chi connectivity index (χ2n) is 3.40. The van der Waals surface area contributed by atoms with Crippen molar-refractivity contribution in [3.05, 3.63) is 60.7 Å². The minimum absolute atomic E-state index is 0.608. The van der Waals surface area contributed by atoms with Crippen LogP contribution in [0.2, 0.25) is 0 Å². The third-order valence-corrected chi connectivity index (χ3v) is 4.63. The lowest BCUT2D eigenvalue weighted by molar-refractivity contribution is -0.0987. The van der Waals surface area contributed by atoms with Gasteiger partial charge in [-0.05, 0) is 10.4 Å². The molecule has 0 saturated carbocycles. The Bertz CT molecular complexity index is 416. The first-order chi connectivity index (χ1) is 9.21. The number of hydrogen-bond donors (Lipinski definition) is 2. The highest BCUT2D eigenvalue weighted by molar-refractivity contribution is 6.90. The van der Waals surface area contributed by atoms with Gasteiger partial charge in [-0.2, -0.15) is 0 Å². The van der Waals surface area contributed by atoms with E-state index in [1.54, 1.807) is 24.3 Å². The van der Waals surface area contributed by atoms with E-state index in [1.807, 2.05) is 50.0 Å². The summed E-state index contributed by atoms with van der Waals surface area (Å²) in [5.74, 6) is 0. The molecule has 0 bridgehead atoms. The van der Waals surface area contributed by atoms with Crippen molar-refractivity contribution >= 4 is 32.5 Å². The Balaban J connectivity index is 0.000000741. The van der Waals surface area contributed by atoms with E-state index >= 15 is 0 Å². The van der Waals surface area contributed by atoms with Crippen LogP contribution in [0.3, 0.4) is 0 Å². The Hall–Kier alpha value is -2.08. The first-order valence-electron chi connectivity index (χ1n) is 5.35. The van der Waals surface area contributed by atoms with E-state index < -0.39 is 8.56 Å². The molecule has 0 fully saturated rings. The van der Waals surface area contributed by atoms with Crippen LogP contribution < -0.4 is 10.4 Å². The zero-order chi connectivity index (χ0) is 14.7. The zero-order valence-corrected chi connectivity index (χ0v) is 11.4. The molecule has 4 nitrogen and oxygen atoms in total. The maximum atomic E-state index is 10.2. The molecule has 19 heavy (non-hydrogen) atoms. The van der Waals surface area contributed by atoms with Crippen molar-refractivity contribution in [3.63, 3.8) is 0 Å². The number of carbonyl (C=O) groups is 2. The van der Waals surface area contributed by atoms with E-state index in [0.29, 0.717) is 10.4 Å². The lowest BCUT2D eigenvalue weighted by Gasteiger charge is -2.18. The molecule has 0 saturated heterocycles. The maximum Gasteiger partial charge on any atom is 0.401 e. The predicted molar refractivity (Wildman–Crippen MR) is 76.6 cm³/mol. The van der Waals surface area contributed by atoms with Crippen molar-refractivity contribution < 1.29 is 19.2 Å². The normalized spacial score (nSPS) is 9.37. The molecule has 2 N–H and O–H groups in total. The molecular weight excluding hydrogens is 260 g/mol. The standard InChI is InChI=1S/C12H12O2Si.2CH2O/c13-15(14,11-7-3-1-4-8-11)12-9-5-2-6-10-12;2*1-2/h1-10,13-14H;2*1H2. The second-order valence-corrected chi connectivity index (χ2v) is 5.90. The van der Waals surface area contributed by atoms with Crippen molar-refractivity contribution in [2.24, 2.45) is 0 Å². The Kier molecular flexibility index (Phi) is 7.95. The minimum atomic E-state index is -3.46. The summed E-state index contributed by atoms with van der Waals surface area (Å²) in [6, 6.07) is 18.0. The van der Waals surface area contributed by atoms with Gasteiger partial charge in [0, 0.05) is 0 Å². The van der Waals surface area contributed by atoms with E-state index in [2.05, 4.69) is 0 Å². The number of benzene rings is 2. The highest BCUT2D eigenvalue weighted by Gasteiger charge is 2.33. The van der Waals surface area contributed by atoms with E-state index in [-0.39, 0.29) is 0 Å². The monoisotopic (exact) mass is 276 g/mol. The third kappa shape index (κ3) is 4.59. The maximum absolute atomic E-state index is 10.2. The molecule has 5 heteroatoms. The van der Waals surface area contributed by atoms with Crippen molar-refractivity contribution in [2.75, 3.05) is 0 Å². The SMILES string of the molecule is C=O.C=O.O[Si](O)(c1ccccc1)c1ccccc1. The molecule has 0 aliphatic heterocycles. The molecule has 0 spiro atoms. The lowest BCUT2D eigenvalue weighted by atomic mass is 10.4. The van der Waals surface area contributed by atoms with Crippen molar-refractivity contribution in [1.29, 1.82) is 0 Å². The van der Waals surface area contributed by atoms with Crippen molar-refractivity contribution in [1.82, 2.24) is 0 Å². The van der Waals surface area contributed by atoms with Gasteiger partial charge in [-0.15, -0.1) is 0 Å². The van der Waals surface area contributed by atoms with Crippen LogP contribution in [-0.2, 0) is 9.59 Å². The van der Waals surface area contributed by atoms with E-state index in [4.69, 9.17) is 9.59 Å². The van der Waals surface area contributed by atoms with Gasteiger partial charge in [0.1, 0.15) is 13.6 Å². The molecule has 2 aromatic rings. The molecule has 0 aliphatic carbocycles. The van der Waals surface area contributed by atoms with E-state index in [1.165, 1.54) is 0 Å². The van der Waals surface area contributed by atoms with Gasteiger partial charge in [0.2, 0.25) is 0 Å². The van der Waals surface area contributed by atoms with Crippen LogP contribution in [0.25, 0.3) is 0 Å². The van der Waals surface area contributed by atoms with E-state index in [0.717, 1.165) is 0 Å². The van der Waals surface area contributed by atoms with Crippen LogP contribution in [0.15, 0.2) is 60.7 Å². The van der Waals surface area contributed by atoms with Gasteiger partial charge >= 0.3 is 8.56 Å². The Morgan fingerprint density at radius 3 is 1.16 bits per heavy atom. The molecule has 0 amide bonds. The molecule has 0 radical (unpaired) electrons. The molecule has 0 unspecified atom stereocenters. The molecule has 2 rings (SSSR count). The smallest absolute Gasteiger partial charge is 0.401 e. The summed E-state index contributed by atoms with van der Waals surface area (Å²) in [4.78, 5) is 36.3. The van der Waals surface area contributed by atoms with Crippen LogP contribution in [0.1, 0.15) is 0 Å². The van der Waals surface area contributed by atoms with Gasteiger partial charge in [-0.1, -0.05) is 60.7 Å². The van der Waals surface area contributed by atoms with Crippen LogP contribution in [0.4, 0.5) is 0 Å². The number of carbonyl (C=O) groups excluding carboxylic acids is 2. The Morgan fingerprint density at radius 2 is 0.895 bits per heavy atom. The molecule has 0 aliphatic rings. The lowest BCUT2D eigenvalue weighted by Crippen LogP contribution is -2.59. The van der Waals surface area contributed by atoms with E-state index in [9.17, 15) is 9.59 Å². The van der Waals surface area contributed by atoms with Gasteiger partial charge < -0.3 is 19.2 Å². The first kappa shape index (κ1) is 16.9. The van der Waals surface area contributed by atoms with Crippen LogP contribution in [0.5, 0.6) is 0 Å². The Labute approximate surface area is 113 Å². The predicted octanol–water partition coefficient (Wildman–Crippen LogP) is -0.142. The van der Waals surface area contributed by atoms with Crippen LogP contribution in [-0.4, -0.2) is 31.7 Å². The summed E-state index contributed by atoms with van der Waals surface area (Å²) < 4.78 is 0. The average molecular weight is 276 g/mol. The molecular formula is C14H16O4Si. The fourth-order valence-corrected chi connectivity index (χ4v) is 3.16. The van der Waals surface area contributed by atoms with Crippen molar-refractivity contribution in [3.8, 4) is 0 Å². The van der Waals surface area contributed by atoms with Gasteiger partial charge in [0.25, 0.3) is 0 Å². The third-order valence-electron chi connectivity index (χ3n) is 2.35. The average Bonchev–Trinajstić information content (AvgIpc) is 2.53. The summed E-state index contributed by atoms with van der Waals surface area (Å²) in [5, 5.41) is 1.22. The summed E-state index contributed by atoms with van der Waals surface area (Å²) >= 11 is 0. The fraction of sp³-hybridized carbons (Fsp3) is 0. The summed E-state index contributed by atoms with van der Waals surface area (Å²) in [5.41, 5.74) is 0. The highest BCUT2D eigenvalue weighted by Crippen LogP contribution is 1.97. The zero-order valence-electron chi connectivity index (χ0n) is 10.4. The van der Waals surface area contributed by atoms with Gasteiger partial charge in [0.05, 0.1) is 0 Å². The quantitative estimate of drug-likeness (QED) is 0.749. The van der Waals surface area contributed by atoms with Gasteiger partial charge in [-0.3, -0.25) is 0 Å². The van der Waals surface area contributed by atoms with Gasteiger partial charge in [-0.25, -0.2) is 0 Å². The first-order valence-corrected chi connectivity index (χ1v) is 7.24.